The number of carbonyl (C=O) groups is 3. The van der Waals surface area contributed by atoms with Gasteiger partial charge in [0, 0.05) is 18.1 Å². The summed E-state index contributed by atoms with van der Waals surface area (Å²) in [6, 6.07) is 14.5. The molecule has 1 heterocycles. The molecule has 3 rings (SSSR count). The summed E-state index contributed by atoms with van der Waals surface area (Å²) in [4.78, 5) is 38.3. The molecule has 8 nitrogen and oxygen atoms in total. The molecular weight excluding hydrogens is 372 g/mol. The number of hydrogen-bond donors (Lipinski definition) is 2. The molecule has 150 valence electrons. The molecule has 0 unspecified atom stereocenters. The maximum absolute atomic E-state index is 12.5. The Balaban J connectivity index is 1.56. The van der Waals surface area contributed by atoms with Crippen LogP contribution in [0.4, 0.5) is 5.69 Å². The highest BCUT2D eigenvalue weighted by molar-refractivity contribution is 6.02. The normalized spacial score (nSPS) is 11.7. The maximum atomic E-state index is 12.5. The fourth-order valence-electron chi connectivity index (χ4n) is 2.83. The van der Waals surface area contributed by atoms with Crippen LogP contribution < -0.4 is 5.32 Å². The molecule has 0 aliphatic rings. The fraction of sp³-hybridized carbons (Fsp3) is 0.238. The number of ether oxygens (including phenoxy) is 1. The molecule has 2 N–H and O–H groups in total. The van der Waals surface area contributed by atoms with E-state index in [1.54, 1.807) is 30.3 Å². The molecule has 0 fully saturated rings. The van der Waals surface area contributed by atoms with E-state index in [1.165, 1.54) is 18.9 Å². The van der Waals surface area contributed by atoms with Crippen molar-refractivity contribution in [2.45, 2.75) is 20.0 Å². The molecule has 0 aliphatic carbocycles. The van der Waals surface area contributed by atoms with Crippen molar-refractivity contribution in [3.63, 3.8) is 0 Å². The lowest BCUT2D eigenvalue weighted by atomic mass is 10.2. The highest BCUT2D eigenvalue weighted by atomic mass is 16.5. The number of carbonyl (C=O) groups excluding carboxylic acids is 3. The molecular formula is C21H22N4O4. The van der Waals surface area contributed by atoms with Crippen molar-refractivity contribution in [3.05, 3.63) is 59.8 Å². The summed E-state index contributed by atoms with van der Waals surface area (Å²) in [5.74, 6) is -1.54. The van der Waals surface area contributed by atoms with Crippen molar-refractivity contribution in [1.82, 2.24) is 15.1 Å². The van der Waals surface area contributed by atoms with Crippen molar-refractivity contribution in [2.24, 2.45) is 0 Å². The lowest BCUT2D eigenvalue weighted by Crippen LogP contribution is -2.41. The van der Waals surface area contributed by atoms with Crippen LogP contribution >= 0.6 is 0 Å². The van der Waals surface area contributed by atoms with Crippen LogP contribution in [0.3, 0.4) is 0 Å². The van der Waals surface area contributed by atoms with Crippen LogP contribution in [0.5, 0.6) is 0 Å². The van der Waals surface area contributed by atoms with Crippen LogP contribution in [0.2, 0.25) is 0 Å². The average molecular weight is 394 g/mol. The van der Waals surface area contributed by atoms with Crippen molar-refractivity contribution in [3.8, 4) is 0 Å². The number of esters is 1. The Bertz CT molecular complexity index is 1040. The number of nitrogens with zero attached hydrogens (tertiary/aromatic N) is 2. The predicted octanol–water partition coefficient (Wildman–Crippen LogP) is 2.51. The number of para-hydroxylation sites is 1. The third-order valence-electron chi connectivity index (χ3n) is 4.39. The standard InChI is InChI=1S/C21H22N4O4/c1-13-8-10-15(11-9-13)22-18(26)12-25(3)20(27)14(2)29-21(28)19-16-6-4-5-7-17(16)23-24-19/h4-11,14H,12H2,1-3H3,(H,22,26)(H,23,24)/t14-/m0/s1. The second-order valence-corrected chi connectivity index (χ2v) is 6.77. The van der Waals surface area contributed by atoms with E-state index in [-0.39, 0.29) is 18.1 Å². The van der Waals surface area contributed by atoms with Gasteiger partial charge in [-0.25, -0.2) is 4.79 Å². The van der Waals surface area contributed by atoms with Gasteiger partial charge in [-0.05, 0) is 32.0 Å². The molecule has 0 radical (unpaired) electrons. The Morgan fingerprint density at radius 1 is 1.14 bits per heavy atom. The number of amides is 2. The number of anilines is 1. The number of aryl methyl sites for hydroxylation is 1. The second kappa shape index (κ2) is 8.55. The topological polar surface area (TPSA) is 104 Å². The third kappa shape index (κ3) is 4.78. The first kappa shape index (κ1) is 20.1. The van der Waals surface area contributed by atoms with Gasteiger partial charge in [-0.3, -0.25) is 14.7 Å². The van der Waals surface area contributed by atoms with Gasteiger partial charge in [-0.15, -0.1) is 0 Å². The van der Waals surface area contributed by atoms with Crippen LogP contribution in [0.15, 0.2) is 48.5 Å². The van der Waals surface area contributed by atoms with Crippen LogP contribution in [-0.2, 0) is 14.3 Å². The Labute approximate surface area is 167 Å². The monoisotopic (exact) mass is 394 g/mol. The van der Waals surface area contributed by atoms with Crippen LogP contribution in [-0.4, -0.2) is 52.6 Å². The summed E-state index contributed by atoms with van der Waals surface area (Å²) in [7, 11) is 1.48. The van der Waals surface area contributed by atoms with Gasteiger partial charge in [0.25, 0.3) is 5.91 Å². The Hall–Kier alpha value is -3.68. The minimum absolute atomic E-state index is 0.111. The van der Waals surface area contributed by atoms with E-state index in [0.29, 0.717) is 16.6 Å². The van der Waals surface area contributed by atoms with Gasteiger partial charge in [-0.1, -0.05) is 35.9 Å². The zero-order valence-corrected chi connectivity index (χ0v) is 16.4. The first-order chi connectivity index (χ1) is 13.8. The van der Waals surface area contributed by atoms with Crippen molar-refractivity contribution in [2.75, 3.05) is 18.9 Å². The van der Waals surface area contributed by atoms with Gasteiger partial charge < -0.3 is 15.0 Å². The minimum Gasteiger partial charge on any atom is -0.448 e. The van der Waals surface area contributed by atoms with Crippen LogP contribution in [0.1, 0.15) is 23.0 Å². The van der Waals surface area contributed by atoms with Gasteiger partial charge in [0.05, 0.1) is 12.1 Å². The number of hydrogen-bond acceptors (Lipinski definition) is 5. The maximum Gasteiger partial charge on any atom is 0.360 e. The van der Waals surface area contributed by atoms with E-state index in [9.17, 15) is 14.4 Å². The predicted molar refractivity (Wildman–Crippen MR) is 108 cm³/mol. The lowest BCUT2D eigenvalue weighted by molar-refractivity contribution is -0.140. The summed E-state index contributed by atoms with van der Waals surface area (Å²) in [5.41, 5.74) is 2.53. The molecule has 0 saturated carbocycles. The van der Waals surface area contributed by atoms with Crippen molar-refractivity contribution in [1.29, 1.82) is 0 Å². The first-order valence-electron chi connectivity index (χ1n) is 9.10. The lowest BCUT2D eigenvalue weighted by Gasteiger charge is -2.21. The number of rotatable bonds is 6. The van der Waals surface area contributed by atoms with E-state index in [0.717, 1.165) is 5.56 Å². The van der Waals surface area contributed by atoms with Gasteiger partial charge in [-0.2, -0.15) is 5.10 Å². The first-order valence-corrected chi connectivity index (χ1v) is 9.10. The van der Waals surface area contributed by atoms with Gasteiger partial charge in [0.2, 0.25) is 5.91 Å². The molecule has 0 bridgehead atoms. The second-order valence-electron chi connectivity index (χ2n) is 6.77. The Morgan fingerprint density at radius 2 is 1.83 bits per heavy atom. The van der Waals surface area contributed by atoms with Gasteiger partial charge in [0.1, 0.15) is 0 Å². The molecule has 8 heteroatoms. The zero-order valence-electron chi connectivity index (χ0n) is 16.4. The number of aromatic amines is 1. The summed E-state index contributed by atoms with van der Waals surface area (Å²) in [6.07, 6.45) is -1.06. The van der Waals surface area contributed by atoms with E-state index in [4.69, 9.17) is 4.74 Å². The van der Waals surface area contributed by atoms with Gasteiger partial charge >= 0.3 is 5.97 Å². The molecule has 29 heavy (non-hydrogen) atoms. The summed E-state index contributed by atoms with van der Waals surface area (Å²) < 4.78 is 5.25. The Kier molecular flexibility index (Phi) is 5.92. The van der Waals surface area contributed by atoms with Gasteiger partial charge in [0.15, 0.2) is 11.8 Å². The largest absolute Gasteiger partial charge is 0.448 e. The molecule has 0 aliphatic heterocycles. The number of H-pyrrole nitrogens is 1. The number of likely N-dealkylation sites (N-methyl/N-ethyl adjacent to an activating group) is 1. The average Bonchev–Trinajstić information content (AvgIpc) is 3.13. The van der Waals surface area contributed by atoms with E-state index >= 15 is 0 Å². The Morgan fingerprint density at radius 3 is 2.55 bits per heavy atom. The number of nitrogens with one attached hydrogen (secondary N) is 2. The minimum atomic E-state index is -1.06. The molecule has 1 atom stereocenters. The molecule has 2 amide bonds. The third-order valence-corrected chi connectivity index (χ3v) is 4.39. The summed E-state index contributed by atoms with van der Waals surface area (Å²) >= 11 is 0. The number of benzene rings is 2. The summed E-state index contributed by atoms with van der Waals surface area (Å²) in [5, 5.41) is 10.0. The highest BCUT2D eigenvalue weighted by Crippen LogP contribution is 2.16. The number of fused-ring (bicyclic) bond motifs is 1. The fourth-order valence-corrected chi connectivity index (χ4v) is 2.83. The summed E-state index contributed by atoms with van der Waals surface area (Å²) in [6.45, 7) is 3.25. The molecule has 0 saturated heterocycles. The van der Waals surface area contributed by atoms with Crippen molar-refractivity contribution >= 4 is 34.4 Å². The van der Waals surface area contributed by atoms with Crippen LogP contribution in [0.25, 0.3) is 10.9 Å². The molecule has 0 spiro atoms. The van der Waals surface area contributed by atoms with Crippen molar-refractivity contribution < 1.29 is 19.1 Å². The SMILES string of the molecule is Cc1ccc(NC(=O)CN(C)C(=O)[C@H](C)OC(=O)c2n[nH]c3ccccc23)cc1. The van der Waals surface area contributed by atoms with Crippen LogP contribution in [0, 0.1) is 6.92 Å². The smallest absolute Gasteiger partial charge is 0.360 e. The molecule has 3 aromatic rings. The van der Waals surface area contributed by atoms with E-state index < -0.39 is 18.0 Å². The quantitative estimate of drug-likeness (QED) is 0.625. The number of aromatic nitrogens is 2. The highest BCUT2D eigenvalue weighted by Gasteiger charge is 2.25. The zero-order chi connectivity index (χ0) is 21.0. The van der Waals surface area contributed by atoms with E-state index in [1.807, 2.05) is 25.1 Å². The molecule has 2 aromatic carbocycles. The molecule has 1 aromatic heterocycles. The van der Waals surface area contributed by atoms with E-state index in [2.05, 4.69) is 15.5 Å².